The summed E-state index contributed by atoms with van der Waals surface area (Å²) in [6.45, 7) is -0.735. The minimum absolute atomic E-state index is 0.0674. The highest BCUT2D eigenvalue weighted by atomic mass is 16.8. The molecule has 11 heteroatoms. The molecule has 3 saturated heterocycles. The molecule has 0 aliphatic carbocycles. The van der Waals surface area contributed by atoms with Crippen molar-refractivity contribution in [3.8, 4) is 0 Å². The summed E-state index contributed by atoms with van der Waals surface area (Å²) < 4.78 is 34.3. The Hall–Kier alpha value is -1.22. The fourth-order valence-corrected chi connectivity index (χ4v) is 3.95. The number of hydrogen-bond donors (Lipinski definition) is 5. The van der Waals surface area contributed by atoms with E-state index in [-0.39, 0.29) is 13.4 Å². The molecule has 0 amide bonds. The third-order valence-electron chi connectivity index (χ3n) is 5.67. The molecule has 10 atom stereocenters. The molecule has 0 aromatic heterocycles. The first-order chi connectivity index (χ1) is 15.0. The first-order valence-electron chi connectivity index (χ1n) is 10.2. The molecule has 0 radical (unpaired) electrons. The fourth-order valence-electron chi connectivity index (χ4n) is 3.95. The highest BCUT2D eigenvalue weighted by Gasteiger charge is 2.51. The Balaban J connectivity index is 1.56. The van der Waals surface area contributed by atoms with Crippen molar-refractivity contribution >= 4 is 0 Å². The lowest BCUT2D eigenvalue weighted by molar-refractivity contribution is -0.367. The summed E-state index contributed by atoms with van der Waals surface area (Å²) in [5.41, 5.74) is 0.733. The lowest BCUT2D eigenvalue weighted by atomic mass is 9.98. The SMILES string of the molecule is OC[C@@H]1OC(c2ccccc2)O[C@H]([C@H]2COCO2)C1O[C@@H]1O[C@H](CO)[C@@H](O)[C@H](O)[C@H]1O. The summed E-state index contributed by atoms with van der Waals surface area (Å²) in [7, 11) is 0. The Labute approximate surface area is 178 Å². The molecule has 0 spiro atoms. The molecule has 2 unspecified atom stereocenters. The maximum Gasteiger partial charge on any atom is 0.187 e. The van der Waals surface area contributed by atoms with Gasteiger partial charge < -0.3 is 54.0 Å². The van der Waals surface area contributed by atoms with Crippen LogP contribution in [0.15, 0.2) is 30.3 Å². The van der Waals surface area contributed by atoms with E-state index >= 15 is 0 Å². The minimum Gasteiger partial charge on any atom is -0.394 e. The smallest absolute Gasteiger partial charge is 0.187 e. The maximum absolute atomic E-state index is 10.4. The van der Waals surface area contributed by atoms with Gasteiger partial charge in [-0.2, -0.15) is 0 Å². The fraction of sp³-hybridized carbons (Fsp3) is 0.700. The first kappa shape index (κ1) is 23.0. The van der Waals surface area contributed by atoms with Crippen LogP contribution in [0, 0.1) is 0 Å². The topological polar surface area (TPSA) is 157 Å². The van der Waals surface area contributed by atoms with Crippen molar-refractivity contribution in [2.75, 3.05) is 26.6 Å². The van der Waals surface area contributed by atoms with Crippen LogP contribution in [0.1, 0.15) is 11.9 Å². The third kappa shape index (κ3) is 4.77. The molecule has 0 saturated carbocycles. The van der Waals surface area contributed by atoms with E-state index in [1.165, 1.54) is 0 Å². The highest BCUT2D eigenvalue weighted by molar-refractivity contribution is 5.17. The summed E-state index contributed by atoms with van der Waals surface area (Å²) in [5, 5.41) is 49.8. The van der Waals surface area contributed by atoms with Gasteiger partial charge in [0.1, 0.15) is 55.6 Å². The average molecular weight is 444 g/mol. The van der Waals surface area contributed by atoms with E-state index in [4.69, 9.17) is 28.4 Å². The molecular formula is C20H28O11. The van der Waals surface area contributed by atoms with Crippen LogP contribution >= 0.6 is 0 Å². The Morgan fingerprint density at radius 2 is 1.61 bits per heavy atom. The van der Waals surface area contributed by atoms with Gasteiger partial charge in [0.05, 0.1) is 19.8 Å². The van der Waals surface area contributed by atoms with Crippen molar-refractivity contribution in [3.63, 3.8) is 0 Å². The third-order valence-corrected chi connectivity index (χ3v) is 5.67. The van der Waals surface area contributed by atoms with E-state index in [0.29, 0.717) is 0 Å². The number of ether oxygens (including phenoxy) is 6. The standard InChI is InChI=1S/C20H28O11/c21-6-11-14(23)15(24)16(25)20(28-11)31-17-12(7-22)29-19(10-4-2-1-3-5-10)30-18(17)13-8-26-9-27-13/h1-5,11-25H,6-9H2/t11-,12+,13-,14-,15+,16-,17?,18-,19?,20+/m1/s1. The molecule has 3 heterocycles. The molecule has 31 heavy (non-hydrogen) atoms. The van der Waals surface area contributed by atoms with Gasteiger partial charge in [0.2, 0.25) is 0 Å². The zero-order valence-corrected chi connectivity index (χ0v) is 16.7. The molecule has 0 bridgehead atoms. The molecule has 1 aromatic carbocycles. The monoisotopic (exact) mass is 444 g/mol. The van der Waals surface area contributed by atoms with Gasteiger partial charge >= 0.3 is 0 Å². The zero-order valence-electron chi connectivity index (χ0n) is 16.7. The van der Waals surface area contributed by atoms with E-state index < -0.39 is 74.6 Å². The average Bonchev–Trinajstić information content (AvgIpc) is 3.34. The van der Waals surface area contributed by atoms with Crippen LogP contribution in [0.25, 0.3) is 0 Å². The lowest BCUT2D eigenvalue weighted by Crippen LogP contribution is -2.63. The van der Waals surface area contributed by atoms with Crippen molar-refractivity contribution in [1.29, 1.82) is 0 Å². The van der Waals surface area contributed by atoms with Crippen LogP contribution < -0.4 is 0 Å². The Bertz CT molecular complexity index is 683. The van der Waals surface area contributed by atoms with Gasteiger partial charge in [-0.3, -0.25) is 0 Å². The van der Waals surface area contributed by atoms with Crippen LogP contribution in [0.3, 0.4) is 0 Å². The molecule has 3 fully saturated rings. The van der Waals surface area contributed by atoms with Gasteiger partial charge in [-0.05, 0) is 0 Å². The summed E-state index contributed by atoms with van der Waals surface area (Å²) in [6.07, 6.45) is -11.3. The molecule has 11 nitrogen and oxygen atoms in total. The number of aliphatic hydroxyl groups is 5. The molecule has 3 aliphatic heterocycles. The molecule has 3 aliphatic rings. The quantitative estimate of drug-likeness (QED) is 0.331. The molecule has 1 aromatic rings. The van der Waals surface area contributed by atoms with Crippen molar-refractivity contribution in [2.45, 2.75) is 61.4 Å². The summed E-state index contributed by atoms with van der Waals surface area (Å²) >= 11 is 0. The predicted molar refractivity (Wildman–Crippen MR) is 100 cm³/mol. The van der Waals surface area contributed by atoms with E-state index in [2.05, 4.69) is 0 Å². The number of benzene rings is 1. The first-order valence-corrected chi connectivity index (χ1v) is 10.2. The normalized spacial score (nSPS) is 43.8. The number of aliphatic hydroxyl groups excluding tert-OH is 5. The maximum atomic E-state index is 10.4. The second-order valence-corrected chi connectivity index (χ2v) is 7.69. The predicted octanol–water partition coefficient (Wildman–Crippen LogP) is -1.98. The van der Waals surface area contributed by atoms with Gasteiger partial charge in [-0.1, -0.05) is 30.3 Å². The lowest BCUT2D eigenvalue weighted by Gasteiger charge is -2.46. The number of hydrogen-bond acceptors (Lipinski definition) is 11. The van der Waals surface area contributed by atoms with E-state index in [1.54, 1.807) is 0 Å². The summed E-state index contributed by atoms with van der Waals surface area (Å²) in [5.74, 6) is 0. The number of rotatable bonds is 6. The Morgan fingerprint density at radius 1 is 0.871 bits per heavy atom. The van der Waals surface area contributed by atoms with Gasteiger partial charge in [0, 0.05) is 5.56 Å². The van der Waals surface area contributed by atoms with Gasteiger partial charge in [0.25, 0.3) is 0 Å². The van der Waals surface area contributed by atoms with Gasteiger partial charge in [-0.15, -0.1) is 0 Å². The van der Waals surface area contributed by atoms with Crippen molar-refractivity contribution in [2.24, 2.45) is 0 Å². The Kier molecular flexibility index (Phi) is 7.52. The molecule has 174 valence electrons. The van der Waals surface area contributed by atoms with Crippen molar-refractivity contribution in [3.05, 3.63) is 35.9 Å². The van der Waals surface area contributed by atoms with Crippen LogP contribution in [0.5, 0.6) is 0 Å². The van der Waals surface area contributed by atoms with Crippen LogP contribution in [0.2, 0.25) is 0 Å². The van der Waals surface area contributed by atoms with E-state index in [9.17, 15) is 25.5 Å². The molecule has 4 rings (SSSR count). The summed E-state index contributed by atoms with van der Waals surface area (Å²) in [4.78, 5) is 0. The van der Waals surface area contributed by atoms with Crippen molar-refractivity contribution in [1.82, 2.24) is 0 Å². The van der Waals surface area contributed by atoms with Crippen LogP contribution in [0.4, 0.5) is 0 Å². The largest absolute Gasteiger partial charge is 0.394 e. The van der Waals surface area contributed by atoms with E-state index in [1.807, 2.05) is 30.3 Å². The van der Waals surface area contributed by atoms with Crippen LogP contribution in [-0.2, 0) is 28.4 Å². The second-order valence-electron chi connectivity index (χ2n) is 7.69. The zero-order chi connectivity index (χ0) is 22.0. The highest BCUT2D eigenvalue weighted by Crippen LogP contribution is 2.36. The minimum atomic E-state index is -1.61. The second kappa shape index (κ2) is 10.1. The molecular weight excluding hydrogens is 416 g/mol. The van der Waals surface area contributed by atoms with Crippen molar-refractivity contribution < 1.29 is 54.0 Å². The summed E-state index contributed by atoms with van der Waals surface area (Å²) in [6, 6.07) is 9.15. The Morgan fingerprint density at radius 3 is 2.26 bits per heavy atom. The van der Waals surface area contributed by atoms with E-state index in [0.717, 1.165) is 5.56 Å². The van der Waals surface area contributed by atoms with Crippen LogP contribution in [-0.4, -0.2) is 107 Å². The van der Waals surface area contributed by atoms with Gasteiger partial charge in [-0.25, -0.2) is 0 Å². The van der Waals surface area contributed by atoms with Gasteiger partial charge in [0.15, 0.2) is 12.6 Å². The molecule has 5 N–H and O–H groups in total.